The average Bonchev–Trinajstić information content (AvgIpc) is 3.20. The Labute approximate surface area is 140 Å². The molecule has 3 aromatic rings. The molecular formula is C19H21FN4. The van der Waals surface area contributed by atoms with Gasteiger partial charge in [0.25, 0.3) is 0 Å². The SMILES string of the molecule is Nc1cnc2ccc(CCC3CCCC3c3cccc(F)c3)nn12. The van der Waals surface area contributed by atoms with Crippen molar-refractivity contribution < 1.29 is 4.39 Å². The first kappa shape index (κ1) is 15.1. The minimum absolute atomic E-state index is 0.138. The number of halogens is 1. The zero-order valence-corrected chi connectivity index (χ0v) is 13.5. The molecule has 1 fully saturated rings. The third kappa shape index (κ3) is 2.86. The lowest BCUT2D eigenvalue weighted by Gasteiger charge is -2.20. The van der Waals surface area contributed by atoms with Crippen LogP contribution in [0.5, 0.6) is 0 Å². The molecule has 0 saturated heterocycles. The zero-order chi connectivity index (χ0) is 16.5. The van der Waals surface area contributed by atoms with Gasteiger partial charge >= 0.3 is 0 Å². The van der Waals surface area contributed by atoms with E-state index in [-0.39, 0.29) is 5.82 Å². The monoisotopic (exact) mass is 324 g/mol. The summed E-state index contributed by atoms with van der Waals surface area (Å²) in [7, 11) is 0. The third-order valence-corrected chi connectivity index (χ3v) is 5.15. The highest BCUT2D eigenvalue weighted by atomic mass is 19.1. The smallest absolute Gasteiger partial charge is 0.155 e. The van der Waals surface area contributed by atoms with Crippen LogP contribution in [0.3, 0.4) is 0 Å². The molecule has 0 aliphatic heterocycles. The normalized spacial score (nSPS) is 20.7. The van der Waals surface area contributed by atoms with E-state index >= 15 is 0 Å². The number of fused-ring (bicyclic) bond motifs is 1. The summed E-state index contributed by atoms with van der Waals surface area (Å²) < 4.78 is 15.2. The minimum Gasteiger partial charge on any atom is -0.382 e. The molecule has 1 aliphatic rings. The van der Waals surface area contributed by atoms with Gasteiger partial charge in [0, 0.05) is 0 Å². The molecule has 4 rings (SSSR count). The number of hydrogen-bond acceptors (Lipinski definition) is 3. The predicted molar refractivity (Wildman–Crippen MR) is 92.2 cm³/mol. The van der Waals surface area contributed by atoms with Gasteiger partial charge in [0.1, 0.15) is 11.6 Å². The second-order valence-corrected chi connectivity index (χ2v) is 6.67. The maximum absolute atomic E-state index is 13.5. The molecule has 2 unspecified atom stereocenters. The molecule has 1 aromatic carbocycles. The molecule has 5 heteroatoms. The van der Waals surface area contributed by atoms with Gasteiger partial charge in [-0.15, -0.1) is 0 Å². The Hall–Kier alpha value is -2.43. The Morgan fingerprint density at radius 1 is 1.21 bits per heavy atom. The number of hydrogen-bond donors (Lipinski definition) is 1. The van der Waals surface area contributed by atoms with E-state index in [0.29, 0.717) is 17.7 Å². The largest absolute Gasteiger partial charge is 0.382 e. The van der Waals surface area contributed by atoms with Crippen molar-refractivity contribution in [2.45, 2.75) is 38.0 Å². The lowest BCUT2D eigenvalue weighted by atomic mass is 9.85. The second kappa shape index (κ2) is 6.23. The maximum Gasteiger partial charge on any atom is 0.155 e. The quantitative estimate of drug-likeness (QED) is 0.790. The van der Waals surface area contributed by atoms with Crippen LogP contribution in [0.15, 0.2) is 42.6 Å². The zero-order valence-electron chi connectivity index (χ0n) is 13.5. The summed E-state index contributed by atoms with van der Waals surface area (Å²) in [6.45, 7) is 0. The number of anilines is 1. The van der Waals surface area contributed by atoms with E-state index in [2.05, 4.69) is 16.1 Å². The van der Waals surface area contributed by atoms with Crippen LogP contribution >= 0.6 is 0 Å². The number of nitrogens with two attached hydrogens (primary N) is 1. The Morgan fingerprint density at radius 3 is 3.00 bits per heavy atom. The number of nitrogen functional groups attached to an aromatic ring is 1. The van der Waals surface area contributed by atoms with Crippen LogP contribution in [0.4, 0.5) is 10.2 Å². The molecule has 0 amide bonds. The van der Waals surface area contributed by atoms with Crippen molar-refractivity contribution in [2.75, 3.05) is 5.73 Å². The van der Waals surface area contributed by atoms with Crippen LogP contribution in [-0.2, 0) is 6.42 Å². The van der Waals surface area contributed by atoms with Crippen molar-refractivity contribution in [2.24, 2.45) is 5.92 Å². The highest BCUT2D eigenvalue weighted by molar-refractivity contribution is 5.45. The molecule has 4 nitrogen and oxygen atoms in total. The highest BCUT2D eigenvalue weighted by Gasteiger charge is 2.28. The van der Waals surface area contributed by atoms with Crippen LogP contribution in [0.2, 0.25) is 0 Å². The van der Waals surface area contributed by atoms with Crippen LogP contribution in [0.1, 0.15) is 42.9 Å². The van der Waals surface area contributed by atoms with E-state index in [1.807, 2.05) is 18.2 Å². The van der Waals surface area contributed by atoms with Crippen molar-refractivity contribution in [1.29, 1.82) is 0 Å². The summed E-state index contributed by atoms with van der Waals surface area (Å²) in [6.07, 6.45) is 7.17. The molecule has 1 aliphatic carbocycles. The van der Waals surface area contributed by atoms with Gasteiger partial charge in [-0.3, -0.25) is 0 Å². The molecule has 1 saturated carbocycles. The number of aromatic nitrogens is 3. The second-order valence-electron chi connectivity index (χ2n) is 6.67. The number of aryl methyl sites for hydroxylation is 1. The first-order valence-electron chi connectivity index (χ1n) is 8.55. The predicted octanol–water partition coefficient (Wildman–Crippen LogP) is 3.97. The molecule has 0 radical (unpaired) electrons. The van der Waals surface area contributed by atoms with Crippen LogP contribution in [-0.4, -0.2) is 14.6 Å². The van der Waals surface area contributed by atoms with Crippen molar-refractivity contribution in [3.8, 4) is 0 Å². The molecule has 0 bridgehead atoms. The molecule has 2 atom stereocenters. The van der Waals surface area contributed by atoms with Gasteiger partial charge in [-0.2, -0.15) is 9.61 Å². The lowest BCUT2D eigenvalue weighted by Crippen LogP contribution is -2.09. The van der Waals surface area contributed by atoms with Gasteiger partial charge in [0.05, 0.1) is 11.9 Å². The fourth-order valence-corrected chi connectivity index (χ4v) is 3.95. The lowest BCUT2D eigenvalue weighted by molar-refractivity contribution is 0.445. The van der Waals surface area contributed by atoms with Gasteiger partial charge in [0.2, 0.25) is 0 Å². The van der Waals surface area contributed by atoms with E-state index < -0.39 is 0 Å². The van der Waals surface area contributed by atoms with Crippen molar-refractivity contribution in [1.82, 2.24) is 14.6 Å². The van der Waals surface area contributed by atoms with Crippen molar-refractivity contribution in [3.05, 3.63) is 59.7 Å². The number of nitrogens with zero attached hydrogens (tertiary/aromatic N) is 3. The van der Waals surface area contributed by atoms with E-state index in [1.165, 1.54) is 18.9 Å². The molecule has 0 spiro atoms. The fraction of sp³-hybridized carbons (Fsp3) is 0.368. The van der Waals surface area contributed by atoms with Crippen molar-refractivity contribution in [3.63, 3.8) is 0 Å². The van der Waals surface area contributed by atoms with Gasteiger partial charge in [-0.25, -0.2) is 9.37 Å². The van der Waals surface area contributed by atoms with Crippen LogP contribution in [0, 0.1) is 11.7 Å². The topological polar surface area (TPSA) is 56.2 Å². The van der Waals surface area contributed by atoms with Gasteiger partial charge in [0.15, 0.2) is 5.65 Å². The minimum atomic E-state index is -0.138. The fourth-order valence-electron chi connectivity index (χ4n) is 3.95. The Morgan fingerprint density at radius 2 is 2.12 bits per heavy atom. The average molecular weight is 324 g/mol. The molecule has 24 heavy (non-hydrogen) atoms. The van der Waals surface area contributed by atoms with Gasteiger partial charge < -0.3 is 5.73 Å². The molecule has 2 heterocycles. The third-order valence-electron chi connectivity index (χ3n) is 5.15. The molecule has 2 aromatic heterocycles. The van der Waals surface area contributed by atoms with Crippen molar-refractivity contribution >= 4 is 11.5 Å². The van der Waals surface area contributed by atoms with Gasteiger partial charge in [-0.1, -0.05) is 18.6 Å². The summed E-state index contributed by atoms with van der Waals surface area (Å²) >= 11 is 0. The molecule has 2 N–H and O–H groups in total. The summed E-state index contributed by atoms with van der Waals surface area (Å²) in [5, 5.41) is 4.58. The van der Waals surface area contributed by atoms with E-state index in [4.69, 9.17) is 5.73 Å². The van der Waals surface area contributed by atoms with Crippen LogP contribution in [0.25, 0.3) is 5.65 Å². The Bertz CT molecular complexity index is 857. The molecular weight excluding hydrogens is 303 g/mol. The van der Waals surface area contributed by atoms with E-state index in [0.717, 1.165) is 36.2 Å². The highest BCUT2D eigenvalue weighted by Crippen LogP contribution is 2.42. The summed E-state index contributed by atoms with van der Waals surface area (Å²) in [5.74, 6) is 1.47. The Kier molecular flexibility index (Phi) is 3.92. The van der Waals surface area contributed by atoms with E-state index in [9.17, 15) is 4.39 Å². The first-order chi connectivity index (χ1) is 11.7. The summed E-state index contributed by atoms with van der Waals surface area (Å²) in [4.78, 5) is 4.20. The standard InChI is InChI=1S/C19H21FN4/c20-15-5-1-4-14(11-15)17-6-2-3-13(17)7-8-16-9-10-19-22-12-18(21)24(19)23-16/h1,4-5,9-13,17H,2-3,6-8,21H2. The Balaban J connectivity index is 1.48. The number of rotatable bonds is 4. The maximum atomic E-state index is 13.5. The number of benzene rings is 1. The summed E-state index contributed by atoms with van der Waals surface area (Å²) in [5.41, 5.74) is 8.81. The van der Waals surface area contributed by atoms with E-state index in [1.54, 1.807) is 16.8 Å². The first-order valence-corrected chi connectivity index (χ1v) is 8.55. The summed E-state index contributed by atoms with van der Waals surface area (Å²) in [6, 6.07) is 11.1. The van der Waals surface area contributed by atoms with Gasteiger partial charge in [-0.05, 0) is 67.3 Å². The molecule has 124 valence electrons. The van der Waals surface area contributed by atoms with Crippen LogP contribution < -0.4 is 5.73 Å². The number of imidazole rings is 1.